The van der Waals surface area contributed by atoms with Gasteiger partial charge in [0.1, 0.15) is 17.4 Å². The summed E-state index contributed by atoms with van der Waals surface area (Å²) in [6, 6.07) is 7.72. The summed E-state index contributed by atoms with van der Waals surface area (Å²) in [5, 5.41) is 9.17. The molecule has 4 aliphatic carbocycles. The highest BCUT2D eigenvalue weighted by Gasteiger charge is 2.53. The highest BCUT2D eigenvalue weighted by molar-refractivity contribution is 5.57. The van der Waals surface area contributed by atoms with Crippen LogP contribution in [-0.4, -0.2) is 9.97 Å². The molecule has 2 heterocycles. The van der Waals surface area contributed by atoms with Gasteiger partial charge in [0, 0.05) is 11.8 Å². The molecule has 27 heavy (non-hydrogen) atoms. The Bertz CT molecular complexity index is 971. The van der Waals surface area contributed by atoms with E-state index in [0.29, 0.717) is 23.7 Å². The monoisotopic (exact) mass is 358 g/mol. The summed E-state index contributed by atoms with van der Waals surface area (Å²) in [6.45, 7) is 0. The third-order valence-electron chi connectivity index (χ3n) is 7.28. The third-order valence-corrected chi connectivity index (χ3v) is 7.28. The predicted molar refractivity (Wildman–Crippen MR) is 100 cm³/mol. The molecule has 1 aliphatic heterocycles. The molecule has 136 valence electrons. The second kappa shape index (κ2) is 5.22. The summed E-state index contributed by atoms with van der Waals surface area (Å²) in [5.41, 5.74) is 8.98. The summed E-state index contributed by atoms with van der Waals surface area (Å²) in [4.78, 5) is 9.74. The Morgan fingerprint density at radius 2 is 1.78 bits per heavy atom. The van der Waals surface area contributed by atoms with E-state index in [0.717, 1.165) is 40.5 Å². The molecule has 2 N–H and O–H groups in total. The minimum Gasteiger partial charge on any atom is -0.438 e. The Morgan fingerprint density at radius 1 is 1.07 bits per heavy atom. The van der Waals surface area contributed by atoms with Crippen molar-refractivity contribution in [1.82, 2.24) is 9.97 Å². The van der Waals surface area contributed by atoms with Crippen LogP contribution in [0.1, 0.15) is 61.0 Å². The van der Waals surface area contributed by atoms with Crippen LogP contribution in [0.15, 0.2) is 18.2 Å². The van der Waals surface area contributed by atoms with Gasteiger partial charge in [-0.1, -0.05) is 6.07 Å². The Hall–Kier alpha value is -2.61. The minimum atomic E-state index is 0.0933. The number of anilines is 1. The number of ether oxygens (including phenoxy) is 1. The lowest BCUT2D eigenvalue weighted by Crippen LogP contribution is -2.49. The zero-order chi connectivity index (χ0) is 18.2. The van der Waals surface area contributed by atoms with Crippen LogP contribution in [0.2, 0.25) is 0 Å². The van der Waals surface area contributed by atoms with Gasteiger partial charge in [-0.15, -0.1) is 0 Å². The maximum atomic E-state index is 9.17. The molecule has 0 saturated heterocycles. The molecule has 1 aromatic carbocycles. The molecule has 0 unspecified atom stereocenters. The van der Waals surface area contributed by atoms with E-state index in [1.807, 2.05) is 12.1 Å². The first-order valence-electron chi connectivity index (χ1n) is 9.99. The first-order chi connectivity index (χ1) is 13.1. The first-order valence-corrected chi connectivity index (χ1v) is 9.99. The van der Waals surface area contributed by atoms with Gasteiger partial charge in [-0.2, -0.15) is 10.2 Å². The Balaban J connectivity index is 1.42. The van der Waals surface area contributed by atoms with E-state index in [2.05, 4.69) is 6.07 Å². The highest BCUT2D eigenvalue weighted by atomic mass is 16.5. The number of aromatic nitrogens is 2. The lowest BCUT2D eigenvalue weighted by Gasteiger charge is -2.56. The molecule has 5 heteroatoms. The molecule has 2 aromatic rings. The van der Waals surface area contributed by atoms with Crippen molar-refractivity contribution in [3.63, 3.8) is 0 Å². The van der Waals surface area contributed by atoms with Crippen LogP contribution in [0, 0.1) is 29.1 Å². The maximum Gasteiger partial charge on any atom is 0.228 e. The third kappa shape index (κ3) is 2.22. The van der Waals surface area contributed by atoms with E-state index in [-0.39, 0.29) is 5.41 Å². The molecule has 0 spiro atoms. The second-order valence-corrected chi connectivity index (χ2v) is 9.13. The van der Waals surface area contributed by atoms with Gasteiger partial charge in [0.25, 0.3) is 0 Å². The minimum absolute atomic E-state index is 0.0933. The zero-order valence-electron chi connectivity index (χ0n) is 15.2. The van der Waals surface area contributed by atoms with E-state index in [1.165, 1.54) is 38.5 Å². The quantitative estimate of drug-likeness (QED) is 0.708. The van der Waals surface area contributed by atoms with E-state index in [4.69, 9.17) is 25.7 Å². The molecular weight excluding hydrogens is 336 g/mol. The number of fused-ring (bicyclic) bond motifs is 2. The normalized spacial score (nSPS) is 32.3. The van der Waals surface area contributed by atoms with Crippen molar-refractivity contribution >= 4 is 5.82 Å². The molecule has 4 saturated carbocycles. The lowest BCUT2D eigenvalue weighted by atomic mass is 9.49. The smallest absolute Gasteiger partial charge is 0.228 e. The van der Waals surface area contributed by atoms with Crippen molar-refractivity contribution in [3.8, 4) is 17.7 Å². The number of benzene rings is 1. The Labute approximate surface area is 158 Å². The molecule has 0 atom stereocenters. The van der Waals surface area contributed by atoms with E-state index >= 15 is 0 Å². The fourth-order valence-corrected chi connectivity index (χ4v) is 6.51. The fourth-order valence-electron chi connectivity index (χ4n) is 6.51. The SMILES string of the molecule is N#Cc1ccc2c(c1)Oc1nc(C34CC5CC(CC(C5)C3)C4)nc(N)c1C2. The van der Waals surface area contributed by atoms with Crippen LogP contribution < -0.4 is 10.5 Å². The van der Waals surface area contributed by atoms with Crippen molar-refractivity contribution < 1.29 is 4.74 Å². The number of hydrogen-bond acceptors (Lipinski definition) is 5. The summed E-state index contributed by atoms with van der Waals surface area (Å²) in [5.74, 6) is 5.26. The first kappa shape index (κ1) is 15.4. The van der Waals surface area contributed by atoms with Crippen LogP contribution in [0.5, 0.6) is 11.6 Å². The fraction of sp³-hybridized carbons (Fsp3) is 0.500. The van der Waals surface area contributed by atoms with E-state index in [1.54, 1.807) is 6.07 Å². The van der Waals surface area contributed by atoms with Gasteiger partial charge in [0.05, 0.1) is 17.2 Å². The second-order valence-electron chi connectivity index (χ2n) is 9.13. The largest absolute Gasteiger partial charge is 0.438 e. The average Bonchev–Trinajstić information content (AvgIpc) is 2.65. The van der Waals surface area contributed by atoms with Crippen LogP contribution >= 0.6 is 0 Å². The summed E-state index contributed by atoms with van der Waals surface area (Å²) in [6.07, 6.45) is 8.43. The number of hydrogen-bond donors (Lipinski definition) is 1. The van der Waals surface area contributed by atoms with Crippen LogP contribution in [-0.2, 0) is 11.8 Å². The summed E-state index contributed by atoms with van der Waals surface area (Å²) in [7, 11) is 0. The Morgan fingerprint density at radius 3 is 2.44 bits per heavy atom. The summed E-state index contributed by atoms with van der Waals surface area (Å²) >= 11 is 0. The van der Waals surface area contributed by atoms with Crippen molar-refractivity contribution in [2.24, 2.45) is 17.8 Å². The molecule has 4 fully saturated rings. The molecule has 5 nitrogen and oxygen atoms in total. The van der Waals surface area contributed by atoms with Gasteiger partial charge in [0.2, 0.25) is 5.88 Å². The van der Waals surface area contributed by atoms with Crippen LogP contribution in [0.4, 0.5) is 5.82 Å². The van der Waals surface area contributed by atoms with Crippen molar-refractivity contribution in [2.45, 2.75) is 50.4 Å². The number of nitrogens with zero attached hydrogens (tertiary/aromatic N) is 3. The Kier molecular flexibility index (Phi) is 2.99. The molecule has 0 radical (unpaired) electrons. The van der Waals surface area contributed by atoms with Gasteiger partial charge in [-0.05, 0) is 74.0 Å². The van der Waals surface area contributed by atoms with Crippen molar-refractivity contribution in [3.05, 3.63) is 40.7 Å². The molecule has 4 bridgehead atoms. The van der Waals surface area contributed by atoms with E-state index < -0.39 is 0 Å². The van der Waals surface area contributed by atoms with Gasteiger partial charge < -0.3 is 10.5 Å². The maximum absolute atomic E-state index is 9.17. The van der Waals surface area contributed by atoms with Crippen LogP contribution in [0.3, 0.4) is 0 Å². The summed E-state index contributed by atoms with van der Waals surface area (Å²) < 4.78 is 6.12. The highest BCUT2D eigenvalue weighted by Crippen LogP contribution is 2.60. The number of rotatable bonds is 1. The predicted octanol–water partition coefficient (Wildman–Crippen LogP) is 4.09. The molecular formula is C22H22N4O. The standard InChI is InChI=1S/C22H22N4O/c23-11-12-1-2-16-7-17-19(24)25-21(26-20(17)27-18(16)6-12)22-8-13-3-14(9-22)5-15(4-13)10-22/h1-2,6,13-15H,3-5,7-10H2,(H2,24,25,26). The molecule has 0 amide bonds. The number of nitrogens with two attached hydrogens (primary N) is 1. The van der Waals surface area contributed by atoms with Crippen molar-refractivity contribution in [1.29, 1.82) is 5.26 Å². The topological polar surface area (TPSA) is 84.8 Å². The van der Waals surface area contributed by atoms with Gasteiger partial charge in [-0.25, -0.2) is 4.98 Å². The van der Waals surface area contributed by atoms with Gasteiger partial charge in [0.15, 0.2) is 0 Å². The average molecular weight is 358 g/mol. The van der Waals surface area contributed by atoms with E-state index in [9.17, 15) is 0 Å². The molecule has 1 aromatic heterocycles. The molecule has 5 aliphatic rings. The van der Waals surface area contributed by atoms with Gasteiger partial charge >= 0.3 is 0 Å². The van der Waals surface area contributed by atoms with Gasteiger partial charge in [-0.3, -0.25) is 0 Å². The van der Waals surface area contributed by atoms with Crippen molar-refractivity contribution in [2.75, 3.05) is 5.73 Å². The number of nitrogen functional groups attached to an aromatic ring is 1. The van der Waals surface area contributed by atoms with Crippen LogP contribution in [0.25, 0.3) is 0 Å². The molecule has 7 rings (SSSR count). The zero-order valence-corrected chi connectivity index (χ0v) is 15.2. The number of nitriles is 1. The lowest BCUT2D eigenvalue weighted by molar-refractivity contribution is -0.00955.